The van der Waals surface area contributed by atoms with Crippen molar-refractivity contribution in [2.75, 3.05) is 5.32 Å². The fraction of sp³-hybridized carbons (Fsp3) is 0.333. The van der Waals surface area contributed by atoms with Crippen molar-refractivity contribution < 1.29 is 9.90 Å². The van der Waals surface area contributed by atoms with Gasteiger partial charge in [-0.05, 0) is 48.9 Å². The number of benzene rings is 1. The van der Waals surface area contributed by atoms with Gasteiger partial charge < -0.3 is 10.4 Å². The van der Waals surface area contributed by atoms with Crippen molar-refractivity contribution in [1.29, 1.82) is 0 Å². The number of rotatable bonds is 5. The third-order valence-electron chi connectivity index (χ3n) is 4.75. The smallest absolute Gasteiger partial charge is 0.227 e. The number of nitrogens with zero attached hydrogens (tertiary/aromatic N) is 1. The van der Waals surface area contributed by atoms with Crippen LogP contribution in [0.5, 0.6) is 5.88 Å². The molecular weight excluding hydrogens is 344 g/mol. The molecule has 0 radical (unpaired) electrons. The van der Waals surface area contributed by atoms with Gasteiger partial charge in [0.15, 0.2) is 10.9 Å². The second-order valence-electron chi connectivity index (χ2n) is 6.40. The van der Waals surface area contributed by atoms with Gasteiger partial charge in [-0.15, -0.1) is 0 Å². The number of fused-ring (bicyclic) bond motifs is 2. The zero-order valence-corrected chi connectivity index (χ0v) is 14.5. The van der Waals surface area contributed by atoms with Crippen LogP contribution >= 0.6 is 22.9 Å². The van der Waals surface area contributed by atoms with E-state index in [1.165, 1.54) is 17.8 Å². The molecule has 1 fully saturated rings. The number of hydrogen-bond acceptors (Lipinski definition) is 5. The minimum absolute atomic E-state index is 0.0523. The maximum atomic E-state index is 12.3. The van der Waals surface area contributed by atoms with Gasteiger partial charge in [-0.1, -0.05) is 35.1 Å². The maximum absolute atomic E-state index is 12.3. The number of halogens is 1. The van der Waals surface area contributed by atoms with Gasteiger partial charge in [-0.2, -0.15) is 4.98 Å². The molecule has 2 aromatic rings. The van der Waals surface area contributed by atoms with Crippen LogP contribution in [0.3, 0.4) is 0 Å². The Morgan fingerprint density at radius 2 is 2.08 bits per heavy atom. The third kappa shape index (κ3) is 3.06. The Hall–Kier alpha value is -1.85. The lowest BCUT2D eigenvalue weighted by Crippen LogP contribution is -2.23. The molecule has 2 bridgehead atoms. The number of anilines is 1. The molecule has 6 heteroatoms. The first-order chi connectivity index (χ1) is 11.6. The molecule has 4 nitrogen and oxygen atoms in total. The van der Waals surface area contributed by atoms with Crippen LogP contribution in [-0.2, 0) is 6.42 Å². The highest BCUT2D eigenvalue weighted by Gasteiger charge is 2.36. The number of thiazole rings is 1. The summed E-state index contributed by atoms with van der Waals surface area (Å²) in [6.45, 7) is 0. The van der Waals surface area contributed by atoms with E-state index in [0.29, 0.717) is 38.5 Å². The summed E-state index contributed by atoms with van der Waals surface area (Å²) in [5, 5.41) is 14.8. The van der Waals surface area contributed by atoms with E-state index in [4.69, 9.17) is 11.6 Å². The number of carbonyl (C=O) groups is 1. The number of Topliss-reactive ketones (excluding diaryl/α,β-unsaturated/α-hetero) is 1. The van der Waals surface area contributed by atoms with E-state index in [9.17, 15) is 9.90 Å². The van der Waals surface area contributed by atoms with Crippen LogP contribution in [0.2, 0.25) is 5.02 Å². The first kappa shape index (κ1) is 15.7. The maximum Gasteiger partial charge on any atom is 0.227 e. The SMILES string of the molecule is O=C(Cc1sc(NC2CC3C=CC2C3)nc1O)c1ccc(Cl)cc1. The van der Waals surface area contributed by atoms with Crippen molar-refractivity contribution in [3.8, 4) is 5.88 Å². The topological polar surface area (TPSA) is 62.2 Å². The molecule has 1 aromatic heterocycles. The van der Waals surface area contributed by atoms with Gasteiger partial charge in [0.25, 0.3) is 0 Å². The molecule has 124 valence electrons. The molecule has 1 heterocycles. The molecule has 24 heavy (non-hydrogen) atoms. The summed E-state index contributed by atoms with van der Waals surface area (Å²) in [7, 11) is 0. The highest BCUT2D eigenvalue weighted by atomic mass is 35.5. The third-order valence-corrected chi connectivity index (χ3v) is 5.98. The minimum atomic E-state index is -0.0555. The number of aromatic nitrogens is 1. The van der Waals surface area contributed by atoms with Crippen LogP contribution < -0.4 is 5.32 Å². The molecule has 1 saturated carbocycles. The average molecular weight is 361 g/mol. The first-order valence-electron chi connectivity index (χ1n) is 8.01. The highest BCUT2D eigenvalue weighted by Crippen LogP contribution is 2.41. The zero-order valence-electron chi connectivity index (χ0n) is 12.9. The van der Waals surface area contributed by atoms with E-state index in [-0.39, 0.29) is 18.1 Å². The van der Waals surface area contributed by atoms with E-state index in [0.717, 1.165) is 6.42 Å². The molecule has 0 aliphatic heterocycles. The standard InChI is InChI=1S/C18H17ClN2O2S/c19-13-5-3-11(4-6-13)15(22)9-16-17(23)21-18(24-16)20-14-8-10-1-2-12(14)7-10/h1-6,10,12,14,23H,7-9H2,(H,20,21). The molecule has 1 aromatic carbocycles. The number of allylic oxidation sites excluding steroid dienone is 1. The first-order valence-corrected chi connectivity index (χ1v) is 9.20. The van der Waals surface area contributed by atoms with E-state index in [1.807, 2.05) is 0 Å². The van der Waals surface area contributed by atoms with E-state index < -0.39 is 0 Å². The summed E-state index contributed by atoms with van der Waals surface area (Å²) in [6.07, 6.45) is 7.02. The summed E-state index contributed by atoms with van der Waals surface area (Å²) in [5.74, 6) is 1.12. The Morgan fingerprint density at radius 1 is 1.29 bits per heavy atom. The van der Waals surface area contributed by atoms with Crippen molar-refractivity contribution in [2.24, 2.45) is 11.8 Å². The van der Waals surface area contributed by atoms with Crippen molar-refractivity contribution >= 4 is 33.9 Å². The summed E-state index contributed by atoms with van der Waals surface area (Å²) in [4.78, 5) is 17.1. The van der Waals surface area contributed by atoms with Gasteiger partial charge in [0.2, 0.25) is 5.88 Å². The Labute approximate surface area is 149 Å². The van der Waals surface area contributed by atoms with Gasteiger partial charge in [0.1, 0.15) is 0 Å². The monoisotopic (exact) mass is 360 g/mol. The molecule has 2 aliphatic rings. The molecule has 2 aliphatic carbocycles. The molecule has 3 atom stereocenters. The molecule has 4 rings (SSSR count). The number of aromatic hydroxyl groups is 1. The normalized spacial score (nSPS) is 24.5. The Kier molecular flexibility index (Phi) is 4.06. The fourth-order valence-electron chi connectivity index (χ4n) is 3.51. The summed E-state index contributed by atoms with van der Waals surface area (Å²) in [6, 6.07) is 7.16. The van der Waals surface area contributed by atoms with Gasteiger partial charge in [0.05, 0.1) is 11.3 Å². The quantitative estimate of drug-likeness (QED) is 0.616. The number of carbonyl (C=O) groups excluding carboxylic acids is 1. The summed E-state index contributed by atoms with van der Waals surface area (Å²) in [5.41, 5.74) is 0.583. The lowest BCUT2D eigenvalue weighted by molar-refractivity contribution is 0.0993. The van der Waals surface area contributed by atoms with Gasteiger partial charge in [-0.3, -0.25) is 4.79 Å². The summed E-state index contributed by atoms with van der Waals surface area (Å²) < 4.78 is 0. The molecule has 0 spiro atoms. The minimum Gasteiger partial charge on any atom is -0.492 e. The Morgan fingerprint density at radius 3 is 2.75 bits per heavy atom. The van der Waals surface area contributed by atoms with E-state index in [1.54, 1.807) is 24.3 Å². The van der Waals surface area contributed by atoms with Crippen LogP contribution in [-0.4, -0.2) is 21.9 Å². The predicted octanol–water partition coefficient (Wildman–Crippen LogP) is 4.30. The van der Waals surface area contributed by atoms with Crippen LogP contribution in [0.25, 0.3) is 0 Å². The Bertz CT molecular complexity index is 800. The molecule has 0 amide bonds. The lowest BCUT2D eigenvalue weighted by Gasteiger charge is -2.18. The number of ketones is 1. The molecular formula is C18H17ClN2O2S. The van der Waals surface area contributed by atoms with Crippen molar-refractivity contribution in [3.05, 3.63) is 51.9 Å². The van der Waals surface area contributed by atoms with Crippen molar-refractivity contribution in [3.63, 3.8) is 0 Å². The fourth-order valence-corrected chi connectivity index (χ4v) is 4.55. The average Bonchev–Trinajstić information content (AvgIpc) is 3.25. The highest BCUT2D eigenvalue weighted by molar-refractivity contribution is 7.16. The van der Waals surface area contributed by atoms with Crippen LogP contribution in [0.15, 0.2) is 36.4 Å². The second kappa shape index (κ2) is 6.22. The largest absolute Gasteiger partial charge is 0.492 e. The van der Waals surface area contributed by atoms with Gasteiger partial charge >= 0.3 is 0 Å². The van der Waals surface area contributed by atoms with E-state index >= 15 is 0 Å². The van der Waals surface area contributed by atoms with Gasteiger partial charge in [-0.25, -0.2) is 0 Å². The molecule has 2 N–H and O–H groups in total. The molecule has 0 saturated heterocycles. The van der Waals surface area contributed by atoms with Crippen LogP contribution in [0, 0.1) is 11.8 Å². The Balaban J connectivity index is 1.44. The van der Waals surface area contributed by atoms with Crippen LogP contribution in [0.1, 0.15) is 28.1 Å². The summed E-state index contributed by atoms with van der Waals surface area (Å²) >= 11 is 7.20. The van der Waals surface area contributed by atoms with E-state index in [2.05, 4.69) is 22.5 Å². The lowest BCUT2D eigenvalue weighted by atomic mass is 10.0. The molecule has 3 unspecified atom stereocenters. The van der Waals surface area contributed by atoms with Crippen LogP contribution in [0.4, 0.5) is 5.13 Å². The zero-order chi connectivity index (χ0) is 16.7. The number of nitrogens with one attached hydrogen (secondary N) is 1. The van der Waals surface area contributed by atoms with Crippen molar-refractivity contribution in [2.45, 2.75) is 25.3 Å². The second-order valence-corrected chi connectivity index (χ2v) is 7.92. The van der Waals surface area contributed by atoms with Crippen molar-refractivity contribution in [1.82, 2.24) is 4.98 Å². The predicted molar refractivity (Wildman–Crippen MR) is 96.0 cm³/mol. The van der Waals surface area contributed by atoms with Gasteiger partial charge in [0, 0.05) is 16.6 Å². The number of hydrogen-bond donors (Lipinski definition) is 2.